The molecule has 13 heteroatoms. The molecule has 0 spiro atoms. The maximum atomic E-state index is 12.8. The second-order valence-electron chi connectivity index (χ2n) is 8.38. The number of unbranched alkanes of at least 4 members (excludes halogenated alkanes) is 1. The van der Waals surface area contributed by atoms with Crippen molar-refractivity contribution in [2.45, 2.75) is 69.6 Å². The number of phenols is 1. The molecule has 1 aromatic carbocycles. The SMILES string of the molecule is CC(NC(=O)C(N)CCCCN)C(=O)NC(CCC(=O)O)C(=O)NC(Cc1ccc(O)cc1)C(=O)O. The van der Waals surface area contributed by atoms with Crippen LogP contribution in [0.5, 0.6) is 5.75 Å². The summed E-state index contributed by atoms with van der Waals surface area (Å²) in [6, 6.07) is 1.03. The molecule has 0 aliphatic carbocycles. The van der Waals surface area contributed by atoms with E-state index in [1.807, 2.05) is 0 Å². The summed E-state index contributed by atoms with van der Waals surface area (Å²) in [5, 5.41) is 35.0. The highest BCUT2D eigenvalue weighted by Crippen LogP contribution is 2.12. The standard InChI is InChI=1S/C23H35N5O8/c1-13(26-21(33)16(25)4-2-3-11-24)20(32)27-17(9-10-19(30)31)22(34)28-18(23(35)36)12-14-5-7-15(29)8-6-14/h5-8,13,16-18,29H,2-4,9-12,24-25H2,1H3,(H,26,33)(H,27,32)(H,28,34)(H,30,31)(H,35,36). The molecule has 0 fully saturated rings. The zero-order valence-corrected chi connectivity index (χ0v) is 20.1. The molecule has 4 atom stereocenters. The summed E-state index contributed by atoms with van der Waals surface area (Å²) in [5.74, 6) is -4.80. The second-order valence-corrected chi connectivity index (χ2v) is 8.38. The summed E-state index contributed by atoms with van der Waals surface area (Å²) in [4.78, 5) is 60.4. The van der Waals surface area contributed by atoms with Crippen molar-refractivity contribution in [2.24, 2.45) is 11.5 Å². The third-order valence-electron chi connectivity index (χ3n) is 5.33. The Kier molecular flexibility index (Phi) is 12.9. The van der Waals surface area contributed by atoms with E-state index < -0.39 is 60.2 Å². The van der Waals surface area contributed by atoms with Gasteiger partial charge in [-0.15, -0.1) is 0 Å². The topological polar surface area (TPSA) is 234 Å². The average Bonchev–Trinajstić information content (AvgIpc) is 2.82. The van der Waals surface area contributed by atoms with E-state index in [1.165, 1.54) is 31.2 Å². The van der Waals surface area contributed by atoms with Gasteiger partial charge in [-0.05, 0) is 50.4 Å². The smallest absolute Gasteiger partial charge is 0.326 e. The number of phenolic OH excluding ortho intramolecular Hbond substituents is 1. The minimum Gasteiger partial charge on any atom is -0.508 e. The van der Waals surface area contributed by atoms with Crippen LogP contribution in [0.1, 0.15) is 44.6 Å². The van der Waals surface area contributed by atoms with Gasteiger partial charge in [0, 0.05) is 12.8 Å². The maximum absolute atomic E-state index is 12.8. The third-order valence-corrected chi connectivity index (χ3v) is 5.33. The van der Waals surface area contributed by atoms with Gasteiger partial charge >= 0.3 is 11.9 Å². The molecule has 3 amide bonds. The fourth-order valence-corrected chi connectivity index (χ4v) is 3.20. The predicted octanol–water partition coefficient (Wildman–Crippen LogP) is -1.19. The summed E-state index contributed by atoms with van der Waals surface area (Å²) in [5.41, 5.74) is 11.7. The summed E-state index contributed by atoms with van der Waals surface area (Å²) < 4.78 is 0. The van der Waals surface area contributed by atoms with E-state index in [4.69, 9.17) is 16.6 Å². The molecule has 1 aromatic rings. The molecule has 1 rings (SSSR count). The molecule has 0 aliphatic rings. The molecule has 0 radical (unpaired) electrons. The lowest BCUT2D eigenvalue weighted by Crippen LogP contribution is -2.56. The van der Waals surface area contributed by atoms with Gasteiger partial charge in [-0.2, -0.15) is 0 Å². The molecule has 0 aromatic heterocycles. The quantitative estimate of drug-likeness (QED) is 0.124. The van der Waals surface area contributed by atoms with Gasteiger partial charge in [0.05, 0.1) is 6.04 Å². The number of carboxylic acid groups (broad SMARTS) is 2. The van der Waals surface area contributed by atoms with E-state index in [0.29, 0.717) is 31.4 Å². The fraction of sp³-hybridized carbons (Fsp3) is 0.522. The van der Waals surface area contributed by atoms with Crippen molar-refractivity contribution in [3.05, 3.63) is 29.8 Å². The van der Waals surface area contributed by atoms with Crippen LogP contribution in [0.2, 0.25) is 0 Å². The zero-order valence-electron chi connectivity index (χ0n) is 20.1. The van der Waals surface area contributed by atoms with Gasteiger partial charge in [0.2, 0.25) is 17.7 Å². The number of carbonyl (C=O) groups is 5. The Morgan fingerprint density at radius 1 is 0.861 bits per heavy atom. The lowest BCUT2D eigenvalue weighted by molar-refractivity contribution is -0.143. The van der Waals surface area contributed by atoms with Crippen molar-refractivity contribution in [3.63, 3.8) is 0 Å². The first-order valence-corrected chi connectivity index (χ1v) is 11.5. The monoisotopic (exact) mass is 509 g/mol. The molecule has 4 unspecified atom stereocenters. The summed E-state index contributed by atoms with van der Waals surface area (Å²) in [7, 11) is 0. The Hall–Kier alpha value is -3.71. The number of rotatable bonds is 16. The Morgan fingerprint density at radius 2 is 1.47 bits per heavy atom. The number of amides is 3. The Bertz CT molecular complexity index is 908. The molecule has 0 saturated carbocycles. The number of nitrogens with two attached hydrogens (primary N) is 2. The van der Waals surface area contributed by atoms with Crippen LogP contribution in [-0.4, -0.2) is 75.7 Å². The number of hydrogen-bond donors (Lipinski definition) is 8. The molecule has 0 bridgehead atoms. The van der Waals surface area contributed by atoms with Crippen molar-refractivity contribution in [1.82, 2.24) is 16.0 Å². The van der Waals surface area contributed by atoms with Gasteiger partial charge < -0.3 is 42.7 Å². The van der Waals surface area contributed by atoms with Crippen molar-refractivity contribution in [1.29, 1.82) is 0 Å². The minimum absolute atomic E-state index is 0.0103. The normalized spacial score (nSPS) is 14.1. The average molecular weight is 510 g/mol. The Balaban J connectivity index is 2.83. The molecule has 0 aliphatic heterocycles. The van der Waals surface area contributed by atoms with E-state index in [-0.39, 0.29) is 18.6 Å². The van der Waals surface area contributed by atoms with Crippen molar-refractivity contribution in [2.75, 3.05) is 6.54 Å². The highest BCUT2D eigenvalue weighted by Gasteiger charge is 2.29. The van der Waals surface area contributed by atoms with Crippen LogP contribution in [0.4, 0.5) is 0 Å². The summed E-state index contributed by atoms with van der Waals surface area (Å²) >= 11 is 0. The van der Waals surface area contributed by atoms with Gasteiger partial charge in [-0.1, -0.05) is 18.6 Å². The number of benzene rings is 1. The number of aliphatic carboxylic acids is 2. The number of carbonyl (C=O) groups excluding carboxylic acids is 3. The highest BCUT2D eigenvalue weighted by molar-refractivity contribution is 5.94. The summed E-state index contributed by atoms with van der Waals surface area (Å²) in [6.07, 6.45) is 0.812. The van der Waals surface area contributed by atoms with E-state index >= 15 is 0 Å². The lowest BCUT2D eigenvalue weighted by atomic mass is 10.0. The van der Waals surface area contributed by atoms with Gasteiger partial charge in [-0.3, -0.25) is 19.2 Å². The van der Waals surface area contributed by atoms with Gasteiger partial charge in [-0.25, -0.2) is 4.79 Å². The van der Waals surface area contributed by atoms with Crippen LogP contribution >= 0.6 is 0 Å². The number of hydrogen-bond acceptors (Lipinski definition) is 8. The molecular weight excluding hydrogens is 474 g/mol. The predicted molar refractivity (Wildman–Crippen MR) is 129 cm³/mol. The third kappa shape index (κ3) is 11.1. The van der Waals surface area contributed by atoms with Crippen LogP contribution in [0, 0.1) is 0 Å². The molecule has 10 N–H and O–H groups in total. The van der Waals surface area contributed by atoms with E-state index in [9.17, 15) is 34.2 Å². The molecule has 0 saturated heterocycles. The molecule has 13 nitrogen and oxygen atoms in total. The Morgan fingerprint density at radius 3 is 2.03 bits per heavy atom. The second kappa shape index (κ2) is 15.3. The van der Waals surface area contributed by atoms with E-state index in [1.54, 1.807) is 0 Å². The van der Waals surface area contributed by atoms with Crippen LogP contribution in [0.25, 0.3) is 0 Å². The van der Waals surface area contributed by atoms with Crippen LogP contribution in [-0.2, 0) is 30.4 Å². The fourth-order valence-electron chi connectivity index (χ4n) is 3.20. The first-order chi connectivity index (χ1) is 16.9. The Labute approximate surface area is 208 Å². The van der Waals surface area contributed by atoms with E-state index in [0.717, 1.165) is 0 Å². The minimum atomic E-state index is -1.38. The van der Waals surface area contributed by atoms with Gasteiger partial charge in [0.15, 0.2) is 0 Å². The molecular formula is C23H35N5O8. The van der Waals surface area contributed by atoms with Crippen molar-refractivity contribution >= 4 is 29.7 Å². The van der Waals surface area contributed by atoms with Crippen molar-refractivity contribution < 1.29 is 39.3 Å². The molecule has 36 heavy (non-hydrogen) atoms. The largest absolute Gasteiger partial charge is 0.508 e. The molecule has 200 valence electrons. The van der Waals surface area contributed by atoms with Crippen LogP contribution in [0.15, 0.2) is 24.3 Å². The van der Waals surface area contributed by atoms with Gasteiger partial charge in [0.25, 0.3) is 0 Å². The number of carboxylic acids is 2. The number of nitrogens with one attached hydrogen (secondary N) is 3. The molecule has 0 heterocycles. The first kappa shape index (κ1) is 30.3. The highest BCUT2D eigenvalue weighted by atomic mass is 16.4. The zero-order chi connectivity index (χ0) is 27.3. The first-order valence-electron chi connectivity index (χ1n) is 11.5. The summed E-state index contributed by atoms with van der Waals surface area (Å²) in [6.45, 7) is 1.83. The van der Waals surface area contributed by atoms with Crippen LogP contribution < -0.4 is 27.4 Å². The van der Waals surface area contributed by atoms with Crippen LogP contribution in [0.3, 0.4) is 0 Å². The van der Waals surface area contributed by atoms with E-state index in [2.05, 4.69) is 16.0 Å². The van der Waals surface area contributed by atoms with Gasteiger partial charge in [0.1, 0.15) is 23.9 Å². The maximum Gasteiger partial charge on any atom is 0.326 e. The van der Waals surface area contributed by atoms with Crippen molar-refractivity contribution in [3.8, 4) is 5.75 Å². The number of aromatic hydroxyl groups is 1. The lowest BCUT2D eigenvalue weighted by Gasteiger charge is -2.23.